The monoisotopic (exact) mass is 181 g/mol. The maximum atomic E-state index is 9.24. The summed E-state index contributed by atoms with van der Waals surface area (Å²) in [5.41, 5.74) is 5.78. The van der Waals surface area contributed by atoms with E-state index in [-0.39, 0.29) is 11.9 Å². The first-order valence-electron chi connectivity index (χ1n) is 4.08. The Morgan fingerprint density at radius 2 is 2.38 bits per heavy atom. The molecule has 1 atom stereocenters. The van der Waals surface area contributed by atoms with Gasteiger partial charge in [-0.25, -0.2) is 0 Å². The number of epoxide rings is 1. The van der Waals surface area contributed by atoms with Gasteiger partial charge in [0.15, 0.2) is 0 Å². The van der Waals surface area contributed by atoms with Crippen LogP contribution >= 0.6 is 0 Å². The van der Waals surface area contributed by atoms with Gasteiger partial charge in [-0.15, -0.1) is 0 Å². The molecule has 0 aliphatic carbocycles. The van der Waals surface area contributed by atoms with E-state index < -0.39 is 0 Å². The highest BCUT2D eigenvalue weighted by molar-refractivity contribution is 5.54. The normalized spacial score (nSPS) is 19.8. The summed E-state index contributed by atoms with van der Waals surface area (Å²) in [6.45, 7) is 1.30. The number of phenols is 1. The minimum Gasteiger partial charge on any atom is -0.506 e. The fraction of sp³-hybridized carbons (Fsp3) is 0.333. The van der Waals surface area contributed by atoms with Crippen LogP contribution in [0, 0.1) is 0 Å². The van der Waals surface area contributed by atoms with E-state index in [9.17, 15) is 5.11 Å². The average molecular weight is 181 g/mol. The standard InChI is InChI=1S/C9H11NO3/c10-8-2-1-6(3-9(8)11)12-4-7-5-13-7/h1-3,7,11H,4-5,10H2. The number of benzene rings is 1. The predicted octanol–water partition coefficient (Wildman–Crippen LogP) is 0.752. The number of nitrogen functional groups attached to an aromatic ring is 1. The zero-order valence-electron chi connectivity index (χ0n) is 7.06. The van der Waals surface area contributed by atoms with E-state index in [1.807, 2.05) is 0 Å². The number of phenolic OH excluding ortho intramolecular Hbond substituents is 1. The molecule has 0 amide bonds. The van der Waals surface area contributed by atoms with Crippen molar-refractivity contribution >= 4 is 5.69 Å². The second-order valence-electron chi connectivity index (χ2n) is 2.99. The zero-order valence-corrected chi connectivity index (χ0v) is 7.06. The average Bonchev–Trinajstić information content (AvgIpc) is 2.91. The topological polar surface area (TPSA) is 68.0 Å². The molecule has 13 heavy (non-hydrogen) atoms. The summed E-state index contributed by atoms with van der Waals surface area (Å²) in [7, 11) is 0. The highest BCUT2D eigenvalue weighted by atomic mass is 16.6. The molecule has 70 valence electrons. The van der Waals surface area contributed by atoms with Crippen molar-refractivity contribution in [2.24, 2.45) is 0 Å². The van der Waals surface area contributed by atoms with E-state index in [2.05, 4.69) is 0 Å². The Kier molecular flexibility index (Phi) is 1.98. The lowest BCUT2D eigenvalue weighted by Gasteiger charge is -2.05. The Morgan fingerprint density at radius 1 is 1.62 bits per heavy atom. The summed E-state index contributed by atoms with van der Waals surface area (Å²) in [5.74, 6) is 0.663. The molecule has 1 aromatic rings. The number of hydrogen-bond acceptors (Lipinski definition) is 4. The third kappa shape index (κ3) is 2.03. The summed E-state index contributed by atoms with van der Waals surface area (Å²) < 4.78 is 10.3. The van der Waals surface area contributed by atoms with E-state index in [0.717, 1.165) is 6.61 Å². The van der Waals surface area contributed by atoms with Crippen LogP contribution in [0.1, 0.15) is 0 Å². The summed E-state index contributed by atoms with van der Waals surface area (Å²) >= 11 is 0. The van der Waals surface area contributed by atoms with Crippen molar-refractivity contribution in [2.75, 3.05) is 18.9 Å². The molecule has 1 aromatic carbocycles. The molecule has 0 radical (unpaired) electrons. The smallest absolute Gasteiger partial charge is 0.142 e. The molecule has 0 bridgehead atoms. The van der Waals surface area contributed by atoms with Gasteiger partial charge in [0.05, 0.1) is 12.3 Å². The second kappa shape index (κ2) is 3.14. The first kappa shape index (κ1) is 8.19. The van der Waals surface area contributed by atoms with Gasteiger partial charge in [0.25, 0.3) is 0 Å². The van der Waals surface area contributed by atoms with Crippen molar-refractivity contribution < 1.29 is 14.6 Å². The van der Waals surface area contributed by atoms with Gasteiger partial charge in [-0.05, 0) is 12.1 Å². The molecule has 1 aliphatic rings. The summed E-state index contributed by atoms with van der Waals surface area (Å²) in [6, 6.07) is 4.83. The van der Waals surface area contributed by atoms with Crippen molar-refractivity contribution in [2.45, 2.75) is 6.10 Å². The van der Waals surface area contributed by atoms with Crippen LogP contribution in [0.5, 0.6) is 11.5 Å². The van der Waals surface area contributed by atoms with Crippen molar-refractivity contribution in [3.05, 3.63) is 18.2 Å². The van der Waals surface area contributed by atoms with Crippen molar-refractivity contribution in [3.8, 4) is 11.5 Å². The van der Waals surface area contributed by atoms with Crippen LogP contribution in [0.4, 0.5) is 5.69 Å². The Bertz CT molecular complexity index is 310. The number of ether oxygens (including phenoxy) is 2. The number of rotatable bonds is 3. The Labute approximate surface area is 75.9 Å². The molecule has 4 heteroatoms. The molecule has 1 aliphatic heterocycles. The van der Waals surface area contributed by atoms with Crippen LogP contribution < -0.4 is 10.5 Å². The third-order valence-corrected chi connectivity index (χ3v) is 1.84. The molecule has 3 N–H and O–H groups in total. The van der Waals surface area contributed by atoms with E-state index in [1.165, 1.54) is 6.07 Å². The van der Waals surface area contributed by atoms with Crippen LogP contribution in [0.25, 0.3) is 0 Å². The molecule has 0 spiro atoms. The number of hydrogen-bond donors (Lipinski definition) is 2. The molecule has 1 fully saturated rings. The van der Waals surface area contributed by atoms with Crippen LogP contribution in [-0.2, 0) is 4.74 Å². The molecule has 1 saturated heterocycles. The lowest BCUT2D eigenvalue weighted by Crippen LogP contribution is -2.03. The minimum atomic E-state index is 0.0502. The molecule has 0 saturated carbocycles. The first-order chi connectivity index (χ1) is 6.25. The van der Waals surface area contributed by atoms with Gasteiger partial charge in [0, 0.05) is 6.07 Å². The fourth-order valence-corrected chi connectivity index (χ4v) is 0.967. The van der Waals surface area contributed by atoms with E-state index in [0.29, 0.717) is 18.0 Å². The van der Waals surface area contributed by atoms with Gasteiger partial charge in [-0.2, -0.15) is 0 Å². The molecule has 0 aromatic heterocycles. The maximum absolute atomic E-state index is 9.24. The van der Waals surface area contributed by atoms with Gasteiger partial charge in [0.2, 0.25) is 0 Å². The quantitative estimate of drug-likeness (QED) is 0.410. The van der Waals surface area contributed by atoms with Gasteiger partial charge in [-0.3, -0.25) is 0 Å². The van der Waals surface area contributed by atoms with Gasteiger partial charge >= 0.3 is 0 Å². The lowest BCUT2D eigenvalue weighted by molar-refractivity contribution is 0.262. The fourth-order valence-electron chi connectivity index (χ4n) is 0.967. The van der Waals surface area contributed by atoms with Gasteiger partial charge in [-0.1, -0.05) is 0 Å². The highest BCUT2D eigenvalue weighted by Crippen LogP contribution is 2.25. The van der Waals surface area contributed by atoms with Crippen molar-refractivity contribution in [3.63, 3.8) is 0 Å². The largest absolute Gasteiger partial charge is 0.506 e. The van der Waals surface area contributed by atoms with Crippen LogP contribution in [0.15, 0.2) is 18.2 Å². The Morgan fingerprint density at radius 3 is 3.00 bits per heavy atom. The summed E-state index contributed by atoms with van der Waals surface area (Å²) in [5, 5.41) is 9.24. The maximum Gasteiger partial charge on any atom is 0.142 e. The molecular formula is C9H11NO3. The molecule has 1 heterocycles. The SMILES string of the molecule is Nc1ccc(OCC2CO2)cc1O. The number of nitrogens with two attached hydrogens (primary N) is 1. The van der Waals surface area contributed by atoms with Gasteiger partial charge in [0.1, 0.15) is 24.2 Å². The van der Waals surface area contributed by atoms with E-state index in [1.54, 1.807) is 12.1 Å². The second-order valence-corrected chi connectivity index (χ2v) is 2.99. The van der Waals surface area contributed by atoms with Crippen LogP contribution in [0.3, 0.4) is 0 Å². The first-order valence-corrected chi connectivity index (χ1v) is 4.08. The van der Waals surface area contributed by atoms with Crippen LogP contribution in [-0.4, -0.2) is 24.4 Å². The predicted molar refractivity (Wildman–Crippen MR) is 47.8 cm³/mol. The van der Waals surface area contributed by atoms with Crippen molar-refractivity contribution in [1.82, 2.24) is 0 Å². The van der Waals surface area contributed by atoms with Crippen molar-refractivity contribution in [1.29, 1.82) is 0 Å². The van der Waals surface area contributed by atoms with Crippen LogP contribution in [0.2, 0.25) is 0 Å². The minimum absolute atomic E-state index is 0.0502. The number of anilines is 1. The summed E-state index contributed by atoms with van der Waals surface area (Å²) in [6.07, 6.45) is 0.222. The summed E-state index contributed by atoms with van der Waals surface area (Å²) in [4.78, 5) is 0. The Hall–Kier alpha value is -1.42. The Balaban J connectivity index is 1.98. The molecular weight excluding hydrogens is 170 g/mol. The molecule has 4 nitrogen and oxygen atoms in total. The zero-order chi connectivity index (χ0) is 9.26. The number of aromatic hydroxyl groups is 1. The third-order valence-electron chi connectivity index (χ3n) is 1.84. The lowest BCUT2D eigenvalue weighted by atomic mass is 10.3. The van der Waals surface area contributed by atoms with E-state index in [4.69, 9.17) is 15.2 Å². The molecule has 2 rings (SSSR count). The highest BCUT2D eigenvalue weighted by Gasteiger charge is 2.23. The van der Waals surface area contributed by atoms with E-state index >= 15 is 0 Å². The molecule has 1 unspecified atom stereocenters. The van der Waals surface area contributed by atoms with Gasteiger partial charge < -0.3 is 20.3 Å².